The van der Waals surface area contributed by atoms with Gasteiger partial charge < -0.3 is 5.73 Å². The first-order valence-corrected chi connectivity index (χ1v) is 6.54. The summed E-state index contributed by atoms with van der Waals surface area (Å²) in [5, 5.41) is 10.2. The largest absolute Gasteiger partial charge is 0.379 e. The van der Waals surface area contributed by atoms with Gasteiger partial charge in [0, 0.05) is 4.75 Å². The van der Waals surface area contributed by atoms with Crippen LogP contribution < -0.4 is 5.73 Å². The van der Waals surface area contributed by atoms with Crippen molar-refractivity contribution in [2.75, 3.05) is 0 Å². The second kappa shape index (κ2) is 3.77. The molecule has 1 saturated carbocycles. The molecule has 0 spiro atoms. The highest BCUT2D eigenvalue weighted by Crippen LogP contribution is 2.57. The lowest BCUT2D eigenvalue weighted by Gasteiger charge is -2.14. The van der Waals surface area contributed by atoms with Crippen LogP contribution in [0, 0.1) is 5.41 Å². The van der Waals surface area contributed by atoms with Crippen LogP contribution in [0.15, 0.2) is 42.5 Å². The van der Waals surface area contributed by atoms with Crippen molar-refractivity contribution in [2.24, 2.45) is 5.73 Å². The maximum Gasteiger partial charge on any atom is 0.151 e. The lowest BCUT2D eigenvalue weighted by atomic mass is 10.0. The van der Waals surface area contributed by atoms with E-state index in [1.165, 1.54) is 28.1 Å². The number of rotatable bonds is 2. The lowest BCUT2D eigenvalue weighted by molar-refractivity contribution is 1.04. The smallest absolute Gasteiger partial charge is 0.151 e. The second-order valence-electron chi connectivity index (χ2n) is 4.52. The fraction of sp³-hybridized carbons (Fsp3) is 0.214. The molecule has 0 unspecified atom stereocenters. The molecule has 0 saturated heterocycles. The van der Waals surface area contributed by atoms with Crippen molar-refractivity contribution in [1.82, 2.24) is 0 Å². The number of hydrogen-bond donors (Lipinski definition) is 2. The summed E-state index contributed by atoms with van der Waals surface area (Å²) in [4.78, 5) is 0. The molecule has 2 nitrogen and oxygen atoms in total. The van der Waals surface area contributed by atoms with Crippen molar-refractivity contribution in [1.29, 1.82) is 5.41 Å². The quantitative estimate of drug-likeness (QED) is 0.626. The Morgan fingerprint density at radius 1 is 1.12 bits per heavy atom. The van der Waals surface area contributed by atoms with Crippen LogP contribution in [0.3, 0.4) is 0 Å². The van der Waals surface area contributed by atoms with Crippen LogP contribution in [-0.4, -0.2) is 5.17 Å². The minimum atomic E-state index is 0.0792. The van der Waals surface area contributed by atoms with Gasteiger partial charge >= 0.3 is 0 Å². The zero-order chi connectivity index (χ0) is 11.9. The molecule has 0 atom stereocenters. The van der Waals surface area contributed by atoms with Crippen LogP contribution in [0.2, 0.25) is 0 Å². The van der Waals surface area contributed by atoms with E-state index >= 15 is 0 Å². The van der Waals surface area contributed by atoms with Gasteiger partial charge in [-0.3, -0.25) is 5.41 Å². The predicted octanol–water partition coefficient (Wildman–Crippen LogP) is 3.46. The van der Waals surface area contributed by atoms with E-state index in [9.17, 15) is 0 Å². The van der Waals surface area contributed by atoms with Gasteiger partial charge in [-0.25, -0.2) is 0 Å². The SMILES string of the molecule is N=C(N)SC1(c2ccc3ccccc3c2)CC1. The summed E-state index contributed by atoms with van der Waals surface area (Å²) >= 11 is 1.49. The third-order valence-electron chi connectivity index (χ3n) is 3.29. The predicted molar refractivity (Wildman–Crippen MR) is 74.4 cm³/mol. The fourth-order valence-electron chi connectivity index (χ4n) is 2.25. The molecule has 3 heteroatoms. The molecule has 2 aromatic carbocycles. The zero-order valence-electron chi connectivity index (χ0n) is 9.44. The van der Waals surface area contributed by atoms with Crippen molar-refractivity contribution in [3.63, 3.8) is 0 Å². The van der Waals surface area contributed by atoms with Crippen LogP contribution in [-0.2, 0) is 4.75 Å². The van der Waals surface area contributed by atoms with Crippen LogP contribution in [0.5, 0.6) is 0 Å². The van der Waals surface area contributed by atoms with Gasteiger partial charge in [0.05, 0.1) is 0 Å². The third kappa shape index (κ3) is 1.91. The van der Waals surface area contributed by atoms with E-state index in [4.69, 9.17) is 11.1 Å². The van der Waals surface area contributed by atoms with E-state index in [0.29, 0.717) is 0 Å². The molecule has 0 aliphatic heterocycles. The number of thioether (sulfide) groups is 1. The molecular formula is C14H14N2S. The van der Waals surface area contributed by atoms with E-state index in [-0.39, 0.29) is 9.91 Å². The van der Waals surface area contributed by atoms with Gasteiger partial charge in [0.15, 0.2) is 5.17 Å². The van der Waals surface area contributed by atoms with Crippen LogP contribution in [0.4, 0.5) is 0 Å². The molecule has 86 valence electrons. The van der Waals surface area contributed by atoms with Crippen LogP contribution in [0.25, 0.3) is 10.8 Å². The van der Waals surface area contributed by atoms with Crippen molar-refractivity contribution in [3.05, 3.63) is 48.0 Å². The molecule has 0 aromatic heterocycles. The second-order valence-corrected chi connectivity index (χ2v) is 5.95. The summed E-state index contributed by atoms with van der Waals surface area (Å²) in [6, 6.07) is 14.9. The first-order valence-electron chi connectivity index (χ1n) is 5.72. The van der Waals surface area contributed by atoms with E-state index in [2.05, 4.69) is 42.5 Å². The molecule has 17 heavy (non-hydrogen) atoms. The Morgan fingerprint density at radius 2 is 1.82 bits per heavy atom. The Morgan fingerprint density at radius 3 is 2.47 bits per heavy atom. The van der Waals surface area contributed by atoms with Gasteiger partial charge in [-0.15, -0.1) is 0 Å². The summed E-state index contributed by atoms with van der Waals surface area (Å²) in [7, 11) is 0. The lowest BCUT2D eigenvalue weighted by Crippen LogP contribution is -2.11. The highest BCUT2D eigenvalue weighted by molar-refractivity contribution is 8.14. The maximum atomic E-state index is 7.44. The van der Waals surface area contributed by atoms with Crippen molar-refractivity contribution >= 4 is 27.7 Å². The standard InChI is InChI=1S/C14H14N2S/c15-13(16)17-14(7-8-14)12-6-5-10-3-1-2-4-11(10)9-12/h1-6,9H,7-8H2,(H3,15,16). The average Bonchev–Trinajstić information content (AvgIpc) is 3.08. The minimum Gasteiger partial charge on any atom is -0.379 e. The molecule has 0 heterocycles. The summed E-state index contributed by atoms with van der Waals surface area (Å²) in [5.74, 6) is 0. The molecule has 3 rings (SSSR count). The number of hydrogen-bond acceptors (Lipinski definition) is 2. The Hall–Kier alpha value is -1.48. The van der Waals surface area contributed by atoms with E-state index in [1.54, 1.807) is 0 Å². The van der Waals surface area contributed by atoms with Crippen molar-refractivity contribution in [2.45, 2.75) is 17.6 Å². The third-order valence-corrected chi connectivity index (χ3v) is 4.54. The number of nitrogens with two attached hydrogens (primary N) is 1. The molecule has 2 aromatic rings. The summed E-state index contributed by atoms with van der Waals surface area (Å²) in [5.41, 5.74) is 6.82. The number of fused-ring (bicyclic) bond motifs is 1. The molecule has 0 radical (unpaired) electrons. The minimum absolute atomic E-state index is 0.0792. The number of amidine groups is 1. The van der Waals surface area contributed by atoms with Crippen LogP contribution >= 0.6 is 11.8 Å². The van der Waals surface area contributed by atoms with Crippen molar-refractivity contribution in [3.8, 4) is 0 Å². The van der Waals surface area contributed by atoms with Crippen molar-refractivity contribution < 1.29 is 0 Å². The van der Waals surface area contributed by atoms with Gasteiger partial charge in [-0.05, 0) is 35.2 Å². The highest BCUT2D eigenvalue weighted by atomic mass is 32.2. The molecule has 1 aliphatic rings. The summed E-state index contributed by atoms with van der Waals surface area (Å²) in [6.07, 6.45) is 2.24. The fourth-order valence-corrected chi connectivity index (χ4v) is 3.22. The van der Waals surface area contributed by atoms with E-state index < -0.39 is 0 Å². The normalized spacial score (nSPS) is 16.9. The van der Waals surface area contributed by atoms with Gasteiger partial charge in [-0.2, -0.15) is 0 Å². The molecule has 3 N–H and O–H groups in total. The Labute approximate surface area is 105 Å². The zero-order valence-corrected chi connectivity index (χ0v) is 10.3. The number of benzene rings is 2. The van der Waals surface area contributed by atoms with E-state index in [1.807, 2.05) is 0 Å². The maximum absolute atomic E-state index is 7.44. The summed E-state index contributed by atoms with van der Waals surface area (Å²) < 4.78 is 0.0792. The topological polar surface area (TPSA) is 49.9 Å². The molecular weight excluding hydrogens is 228 g/mol. The van der Waals surface area contributed by atoms with Gasteiger partial charge in [0.1, 0.15) is 0 Å². The van der Waals surface area contributed by atoms with Gasteiger partial charge in [-0.1, -0.05) is 48.2 Å². The summed E-state index contributed by atoms with van der Waals surface area (Å²) in [6.45, 7) is 0. The number of nitrogens with one attached hydrogen (secondary N) is 1. The van der Waals surface area contributed by atoms with Gasteiger partial charge in [0.2, 0.25) is 0 Å². The Kier molecular flexibility index (Phi) is 2.37. The molecule has 0 amide bonds. The Bertz CT molecular complexity index is 588. The van der Waals surface area contributed by atoms with Gasteiger partial charge in [0.25, 0.3) is 0 Å². The molecule has 0 bridgehead atoms. The first-order chi connectivity index (χ1) is 8.20. The molecule has 1 fully saturated rings. The average molecular weight is 242 g/mol. The Balaban J connectivity index is 2.03. The monoisotopic (exact) mass is 242 g/mol. The first kappa shape index (κ1) is 10.7. The highest BCUT2D eigenvalue weighted by Gasteiger charge is 2.45. The molecule has 1 aliphatic carbocycles. The van der Waals surface area contributed by atoms with E-state index in [0.717, 1.165) is 12.8 Å². The van der Waals surface area contributed by atoms with Crippen LogP contribution in [0.1, 0.15) is 18.4 Å².